The Morgan fingerprint density at radius 1 is 1.38 bits per heavy atom. The molecule has 1 amide bonds. The summed E-state index contributed by atoms with van der Waals surface area (Å²) >= 11 is 11.4. The van der Waals surface area contributed by atoms with Gasteiger partial charge in [-0.05, 0) is 32.4 Å². The van der Waals surface area contributed by atoms with E-state index in [0.29, 0.717) is 0 Å². The Balaban J connectivity index is 2.39. The number of carbonyl (C=O) groups is 1. The molecule has 0 bridgehead atoms. The van der Waals surface area contributed by atoms with Crippen molar-refractivity contribution >= 4 is 56.1 Å². The average Bonchev–Trinajstić information content (AvgIpc) is 2.81. The zero-order chi connectivity index (χ0) is 15.4. The van der Waals surface area contributed by atoms with Crippen LogP contribution in [0.25, 0.3) is 11.1 Å². The van der Waals surface area contributed by atoms with E-state index in [4.69, 9.17) is 23.8 Å². The summed E-state index contributed by atoms with van der Waals surface area (Å²) in [7, 11) is 3.26. The van der Waals surface area contributed by atoms with Crippen LogP contribution < -0.4 is 4.90 Å². The Hall–Kier alpha value is -0.750. The Labute approximate surface area is 141 Å². The molecule has 1 aliphatic heterocycles. The zero-order valence-electron chi connectivity index (χ0n) is 11.9. The molecule has 2 aromatic rings. The molecule has 0 unspecified atom stereocenters. The van der Waals surface area contributed by atoms with E-state index >= 15 is 0 Å². The minimum absolute atomic E-state index is 0.0261. The molecule has 1 aromatic carbocycles. The standard InChI is InChI=1S/C15H14ClNOS3/c1-8-4-5-9-10(6-8)17(11(18)7-16)15(2,3)13-12(9)14(19)21-20-13/h4-6H,7H2,1-3H3. The van der Waals surface area contributed by atoms with Crippen molar-refractivity contribution in [3.05, 3.63) is 32.5 Å². The molecule has 1 aromatic heterocycles. The number of alkyl halides is 1. The van der Waals surface area contributed by atoms with Gasteiger partial charge in [0.05, 0.1) is 16.1 Å². The van der Waals surface area contributed by atoms with Crippen molar-refractivity contribution in [3.8, 4) is 11.1 Å². The van der Waals surface area contributed by atoms with E-state index in [1.165, 1.54) is 0 Å². The molecule has 2 heterocycles. The molecular formula is C15H14ClNOS3. The summed E-state index contributed by atoms with van der Waals surface area (Å²) in [6.07, 6.45) is 0. The van der Waals surface area contributed by atoms with E-state index in [-0.39, 0.29) is 11.8 Å². The summed E-state index contributed by atoms with van der Waals surface area (Å²) in [6.45, 7) is 6.14. The lowest BCUT2D eigenvalue weighted by atomic mass is 9.87. The molecule has 0 saturated heterocycles. The van der Waals surface area contributed by atoms with Crippen molar-refractivity contribution in [2.24, 2.45) is 0 Å². The van der Waals surface area contributed by atoms with Gasteiger partial charge >= 0.3 is 0 Å². The van der Waals surface area contributed by atoms with Crippen LogP contribution in [0.5, 0.6) is 0 Å². The Kier molecular flexibility index (Phi) is 3.72. The van der Waals surface area contributed by atoms with Crippen molar-refractivity contribution in [2.45, 2.75) is 26.3 Å². The van der Waals surface area contributed by atoms with Crippen molar-refractivity contribution in [1.82, 2.24) is 0 Å². The van der Waals surface area contributed by atoms with Crippen LogP contribution in [0.4, 0.5) is 5.69 Å². The summed E-state index contributed by atoms with van der Waals surface area (Å²) in [5.41, 5.74) is 3.75. The third-order valence-electron chi connectivity index (χ3n) is 3.77. The third kappa shape index (κ3) is 2.18. The zero-order valence-corrected chi connectivity index (χ0v) is 15.1. The summed E-state index contributed by atoms with van der Waals surface area (Å²) in [5.74, 6) is -0.106. The predicted molar refractivity (Wildman–Crippen MR) is 94.4 cm³/mol. The van der Waals surface area contributed by atoms with Gasteiger partial charge in [0.1, 0.15) is 9.70 Å². The molecule has 3 rings (SSSR count). The number of fused-ring (bicyclic) bond motifs is 3. The van der Waals surface area contributed by atoms with Gasteiger partial charge in [-0.25, -0.2) is 0 Å². The van der Waals surface area contributed by atoms with Crippen LogP contribution in [0.1, 0.15) is 24.3 Å². The lowest BCUT2D eigenvalue weighted by Gasteiger charge is -2.42. The highest BCUT2D eigenvalue weighted by Gasteiger charge is 2.42. The summed E-state index contributed by atoms with van der Waals surface area (Å²) in [5, 5.41) is 0. The topological polar surface area (TPSA) is 20.3 Å². The lowest BCUT2D eigenvalue weighted by Crippen LogP contribution is -2.48. The number of hydrogen-bond donors (Lipinski definition) is 0. The van der Waals surface area contributed by atoms with Crippen LogP contribution in [-0.2, 0) is 10.3 Å². The van der Waals surface area contributed by atoms with Crippen LogP contribution >= 0.6 is 44.5 Å². The maximum atomic E-state index is 12.4. The Morgan fingerprint density at radius 3 is 2.76 bits per heavy atom. The maximum Gasteiger partial charge on any atom is 0.242 e. The smallest absolute Gasteiger partial charge is 0.242 e. The molecular weight excluding hydrogens is 342 g/mol. The lowest BCUT2D eigenvalue weighted by molar-refractivity contribution is -0.117. The highest BCUT2D eigenvalue weighted by molar-refractivity contribution is 7.80. The van der Waals surface area contributed by atoms with E-state index in [9.17, 15) is 4.79 Å². The second-order valence-electron chi connectivity index (χ2n) is 5.60. The van der Waals surface area contributed by atoms with Gasteiger partial charge in [-0.1, -0.05) is 45.0 Å². The van der Waals surface area contributed by atoms with E-state index in [1.807, 2.05) is 17.9 Å². The van der Waals surface area contributed by atoms with Gasteiger partial charge in [0.25, 0.3) is 0 Å². The van der Waals surface area contributed by atoms with Crippen LogP contribution in [0.2, 0.25) is 0 Å². The molecule has 21 heavy (non-hydrogen) atoms. The minimum atomic E-state index is -0.430. The predicted octanol–water partition coefficient (Wildman–Crippen LogP) is 5.34. The number of benzene rings is 1. The highest BCUT2D eigenvalue weighted by atomic mass is 35.5. The third-order valence-corrected chi connectivity index (χ3v) is 7.33. The van der Waals surface area contributed by atoms with E-state index in [2.05, 4.69) is 26.0 Å². The second kappa shape index (κ2) is 5.16. The first-order valence-corrected chi connectivity index (χ1v) is 9.61. The van der Waals surface area contributed by atoms with Crippen molar-refractivity contribution in [2.75, 3.05) is 10.8 Å². The molecule has 2 nitrogen and oxygen atoms in total. The molecule has 1 aliphatic rings. The van der Waals surface area contributed by atoms with Gasteiger partial charge in [-0.3, -0.25) is 4.79 Å². The van der Waals surface area contributed by atoms with Gasteiger partial charge in [0.15, 0.2) is 0 Å². The first kappa shape index (κ1) is 15.2. The average molecular weight is 356 g/mol. The fourth-order valence-corrected chi connectivity index (χ4v) is 6.24. The second-order valence-corrected chi connectivity index (χ2v) is 8.68. The van der Waals surface area contributed by atoms with Gasteiger partial charge in [0, 0.05) is 11.1 Å². The van der Waals surface area contributed by atoms with Crippen molar-refractivity contribution < 1.29 is 4.79 Å². The van der Waals surface area contributed by atoms with Crippen LogP contribution in [0, 0.1) is 10.7 Å². The Bertz CT molecular complexity index is 790. The number of anilines is 1. The van der Waals surface area contributed by atoms with Crippen LogP contribution in [-0.4, -0.2) is 11.8 Å². The first-order valence-electron chi connectivity index (χ1n) is 6.51. The van der Waals surface area contributed by atoms with Gasteiger partial charge in [-0.2, -0.15) is 0 Å². The number of halogens is 1. The van der Waals surface area contributed by atoms with Crippen LogP contribution in [0.3, 0.4) is 0 Å². The van der Waals surface area contributed by atoms with Crippen molar-refractivity contribution in [3.63, 3.8) is 0 Å². The number of amides is 1. The highest BCUT2D eigenvalue weighted by Crippen LogP contribution is 2.52. The summed E-state index contributed by atoms with van der Waals surface area (Å²) in [4.78, 5) is 15.4. The van der Waals surface area contributed by atoms with Crippen molar-refractivity contribution in [1.29, 1.82) is 0 Å². The molecule has 0 spiro atoms. The normalized spacial score (nSPS) is 15.5. The first-order chi connectivity index (χ1) is 9.87. The maximum absolute atomic E-state index is 12.4. The molecule has 110 valence electrons. The fourth-order valence-electron chi connectivity index (χ4n) is 2.84. The molecule has 0 aliphatic carbocycles. The number of carbonyl (C=O) groups excluding carboxylic acids is 1. The monoisotopic (exact) mass is 355 g/mol. The quantitative estimate of drug-likeness (QED) is 0.391. The minimum Gasteiger partial charge on any atom is -0.300 e. The molecule has 0 radical (unpaired) electrons. The van der Waals surface area contributed by atoms with Gasteiger partial charge in [-0.15, -0.1) is 11.6 Å². The molecule has 0 N–H and O–H groups in total. The van der Waals surface area contributed by atoms with Crippen LogP contribution in [0.15, 0.2) is 18.2 Å². The fraction of sp³-hybridized carbons (Fsp3) is 0.333. The summed E-state index contributed by atoms with van der Waals surface area (Å²) < 4.78 is 0.895. The molecule has 0 atom stereocenters. The molecule has 0 fully saturated rings. The number of hydrogen-bond acceptors (Lipinski definition) is 4. The van der Waals surface area contributed by atoms with E-state index in [1.54, 1.807) is 20.7 Å². The Morgan fingerprint density at radius 2 is 2.10 bits per heavy atom. The number of rotatable bonds is 1. The SMILES string of the molecule is Cc1ccc2c(c1)N(C(=O)CCl)C(C)(C)c1ssc(=S)c1-2. The van der Waals surface area contributed by atoms with Gasteiger partial charge < -0.3 is 4.90 Å². The number of aryl methyl sites for hydroxylation is 1. The number of nitrogens with zero attached hydrogens (tertiary/aromatic N) is 1. The van der Waals surface area contributed by atoms with E-state index < -0.39 is 5.54 Å². The van der Waals surface area contributed by atoms with Gasteiger partial charge in [0.2, 0.25) is 5.91 Å². The molecule has 6 heteroatoms. The van der Waals surface area contributed by atoms with E-state index in [0.717, 1.165) is 31.1 Å². The molecule has 0 saturated carbocycles. The summed E-state index contributed by atoms with van der Waals surface area (Å²) in [6, 6.07) is 6.16. The largest absolute Gasteiger partial charge is 0.300 e.